The van der Waals surface area contributed by atoms with E-state index in [1.54, 1.807) is 19.2 Å². The maximum absolute atomic E-state index is 10.9. The first kappa shape index (κ1) is 14.2. The molecule has 0 aliphatic heterocycles. The minimum absolute atomic E-state index is 0.0417. The van der Waals surface area contributed by atoms with Gasteiger partial charge < -0.3 is 14.8 Å². The van der Waals surface area contributed by atoms with Gasteiger partial charge in [0.25, 0.3) is 5.69 Å². The molecule has 0 aromatic heterocycles. The average Bonchev–Trinajstić information content (AvgIpc) is 2.35. The number of hydrogen-bond acceptors (Lipinski definition) is 5. The van der Waals surface area contributed by atoms with Crippen LogP contribution in [0.15, 0.2) is 18.2 Å². The van der Waals surface area contributed by atoms with Crippen LogP contribution in [0.25, 0.3) is 0 Å². The van der Waals surface area contributed by atoms with Gasteiger partial charge in [-0.3, -0.25) is 10.1 Å². The molecule has 0 saturated carbocycles. The highest BCUT2D eigenvalue weighted by Crippen LogP contribution is 2.29. The smallest absolute Gasteiger partial charge is 0.292 e. The van der Waals surface area contributed by atoms with E-state index in [9.17, 15) is 10.1 Å². The fraction of sp³-hybridized carbons (Fsp3) is 0.500. The van der Waals surface area contributed by atoms with Gasteiger partial charge in [-0.2, -0.15) is 0 Å². The molecule has 1 aromatic rings. The van der Waals surface area contributed by atoms with Crippen LogP contribution in [0.2, 0.25) is 0 Å². The molecule has 1 unspecified atom stereocenters. The van der Waals surface area contributed by atoms with Crippen molar-refractivity contribution >= 4 is 11.4 Å². The van der Waals surface area contributed by atoms with E-state index in [1.807, 2.05) is 6.92 Å². The Bertz CT molecular complexity index is 409. The number of rotatable bonds is 7. The lowest BCUT2D eigenvalue weighted by Gasteiger charge is -2.15. The molecule has 1 atom stereocenters. The van der Waals surface area contributed by atoms with E-state index in [0.29, 0.717) is 18.0 Å². The maximum Gasteiger partial charge on any atom is 0.292 e. The molecule has 0 saturated heterocycles. The first-order chi connectivity index (χ1) is 8.58. The molecule has 1 aromatic carbocycles. The standard InChI is InChI=1S/C12H18N2O4/c1-9(6-7-17-2)13-11-8-10(18-3)4-5-12(11)14(15)16/h4-5,8-9,13H,6-7H2,1-3H3. The molecule has 1 rings (SSSR count). The molecule has 0 fully saturated rings. The molecule has 0 radical (unpaired) electrons. The second-order valence-corrected chi connectivity index (χ2v) is 3.97. The summed E-state index contributed by atoms with van der Waals surface area (Å²) in [7, 11) is 3.15. The van der Waals surface area contributed by atoms with Crippen LogP contribution >= 0.6 is 0 Å². The first-order valence-electron chi connectivity index (χ1n) is 5.66. The number of nitro benzene ring substituents is 1. The molecule has 0 spiro atoms. The Hall–Kier alpha value is -1.82. The van der Waals surface area contributed by atoms with Gasteiger partial charge >= 0.3 is 0 Å². The number of ether oxygens (including phenoxy) is 2. The summed E-state index contributed by atoms with van der Waals surface area (Å²) in [5.74, 6) is 0.585. The summed E-state index contributed by atoms with van der Waals surface area (Å²) in [5, 5.41) is 14.0. The number of nitro groups is 1. The lowest BCUT2D eigenvalue weighted by atomic mass is 10.2. The summed E-state index contributed by atoms with van der Waals surface area (Å²) < 4.78 is 10.0. The van der Waals surface area contributed by atoms with Crippen molar-refractivity contribution < 1.29 is 14.4 Å². The van der Waals surface area contributed by atoms with Crippen molar-refractivity contribution in [3.05, 3.63) is 28.3 Å². The number of methoxy groups -OCH3 is 2. The number of benzene rings is 1. The minimum atomic E-state index is -0.412. The van der Waals surface area contributed by atoms with E-state index in [2.05, 4.69) is 5.32 Å². The van der Waals surface area contributed by atoms with Crippen LogP contribution in [0.1, 0.15) is 13.3 Å². The van der Waals surface area contributed by atoms with Crippen LogP contribution < -0.4 is 10.1 Å². The van der Waals surface area contributed by atoms with Gasteiger partial charge in [0.2, 0.25) is 0 Å². The van der Waals surface area contributed by atoms with E-state index < -0.39 is 4.92 Å². The number of nitrogens with zero attached hydrogens (tertiary/aromatic N) is 1. The number of anilines is 1. The fourth-order valence-electron chi connectivity index (χ4n) is 1.55. The topological polar surface area (TPSA) is 73.6 Å². The fourth-order valence-corrected chi connectivity index (χ4v) is 1.55. The van der Waals surface area contributed by atoms with Crippen LogP contribution in [0.5, 0.6) is 5.75 Å². The molecule has 18 heavy (non-hydrogen) atoms. The third-order valence-electron chi connectivity index (χ3n) is 2.56. The van der Waals surface area contributed by atoms with Gasteiger partial charge in [-0.1, -0.05) is 0 Å². The zero-order chi connectivity index (χ0) is 13.5. The van der Waals surface area contributed by atoms with Crippen molar-refractivity contribution in [1.82, 2.24) is 0 Å². The number of nitrogens with one attached hydrogen (secondary N) is 1. The summed E-state index contributed by atoms with van der Waals surface area (Å²) >= 11 is 0. The van der Waals surface area contributed by atoms with E-state index >= 15 is 0 Å². The third-order valence-corrected chi connectivity index (χ3v) is 2.56. The van der Waals surface area contributed by atoms with Crippen LogP contribution in [0, 0.1) is 10.1 Å². The molecule has 1 N–H and O–H groups in total. The van der Waals surface area contributed by atoms with Crippen LogP contribution in [-0.2, 0) is 4.74 Å². The molecule has 6 heteroatoms. The maximum atomic E-state index is 10.9. The lowest BCUT2D eigenvalue weighted by molar-refractivity contribution is -0.384. The molecule has 0 heterocycles. The van der Waals surface area contributed by atoms with Crippen molar-refractivity contribution in [1.29, 1.82) is 0 Å². The Morgan fingerprint density at radius 1 is 1.44 bits per heavy atom. The molecule has 6 nitrogen and oxygen atoms in total. The second-order valence-electron chi connectivity index (χ2n) is 3.97. The van der Waals surface area contributed by atoms with Gasteiger partial charge in [0, 0.05) is 31.9 Å². The Balaban J connectivity index is 2.86. The molecule has 0 aliphatic rings. The first-order valence-corrected chi connectivity index (χ1v) is 5.66. The molecule has 0 aliphatic carbocycles. The highest BCUT2D eigenvalue weighted by atomic mass is 16.6. The molecule has 0 bridgehead atoms. The monoisotopic (exact) mass is 254 g/mol. The van der Waals surface area contributed by atoms with E-state index in [4.69, 9.17) is 9.47 Å². The zero-order valence-corrected chi connectivity index (χ0v) is 10.8. The summed E-state index contributed by atoms with van der Waals surface area (Å²) in [6.07, 6.45) is 0.769. The summed E-state index contributed by atoms with van der Waals surface area (Å²) in [4.78, 5) is 10.5. The lowest BCUT2D eigenvalue weighted by Crippen LogP contribution is -2.18. The van der Waals surface area contributed by atoms with Crippen molar-refractivity contribution in [2.45, 2.75) is 19.4 Å². The van der Waals surface area contributed by atoms with Gasteiger partial charge in [0.05, 0.1) is 12.0 Å². The second kappa shape index (κ2) is 6.80. The highest BCUT2D eigenvalue weighted by Gasteiger charge is 2.16. The Kier molecular flexibility index (Phi) is 5.38. The average molecular weight is 254 g/mol. The van der Waals surface area contributed by atoms with Crippen molar-refractivity contribution in [2.75, 3.05) is 26.1 Å². The summed E-state index contributed by atoms with van der Waals surface area (Å²) in [6.45, 7) is 2.55. The Morgan fingerprint density at radius 3 is 2.72 bits per heavy atom. The minimum Gasteiger partial charge on any atom is -0.497 e. The van der Waals surface area contributed by atoms with Gasteiger partial charge in [-0.15, -0.1) is 0 Å². The Morgan fingerprint density at radius 2 is 2.17 bits per heavy atom. The third kappa shape index (κ3) is 3.89. The Labute approximate surface area is 106 Å². The molecule has 100 valence electrons. The van der Waals surface area contributed by atoms with Crippen LogP contribution in [-0.4, -0.2) is 31.8 Å². The van der Waals surface area contributed by atoms with Crippen molar-refractivity contribution in [2.24, 2.45) is 0 Å². The normalized spacial score (nSPS) is 11.9. The van der Waals surface area contributed by atoms with Crippen LogP contribution in [0.4, 0.5) is 11.4 Å². The van der Waals surface area contributed by atoms with Gasteiger partial charge in [-0.05, 0) is 19.4 Å². The van der Waals surface area contributed by atoms with Crippen molar-refractivity contribution in [3.8, 4) is 5.75 Å². The van der Waals surface area contributed by atoms with Gasteiger partial charge in [-0.25, -0.2) is 0 Å². The highest BCUT2D eigenvalue weighted by molar-refractivity contribution is 5.64. The van der Waals surface area contributed by atoms with E-state index in [1.165, 1.54) is 13.2 Å². The largest absolute Gasteiger partial charge is 0.497 e. The van der Waals surface area contributed by atoms with Crippen LogP contribution in [0.3, 0.4) is 0 Å². The van der Waals surface area contributed by atoms with Crippen molar-refractivity contribution in [3.63, 3.8) is 0 Å². The predicted molar refractivity (Wildman–Crippen MR) is 69.2 cm³/mol. The molecular formula is C12H18N2O4. The zero-order valence-electron chi connectivity index (χ0n) is 10.8. The van der Waals surface area contributed by atoms with Gasteiger partial charge in [0.15, 0.2) is 0 Å². The summed E-state index contributed by atoms with van der Waals surface area (Å²) in [6, 6.07) is 4.71. The summed E-state index contributed by atoms with van der Waals surface area (Å²) in [5.41, 5.74) is 0.503. The van der Waals surface area contributed by atoms with E-state index in [-0.39, 0.29) is 11.7 Å². The molecule has 0 amide bonds. The SMILES string of the molecule is COCCC(C)Nc1cc(OC)ccc1[N+](=O)[O-]. The quantitative estimate of drug-likeness (QED) is 0.597. The molecular weight excluding hydrogens is 236 g/mol. The van der Waals surface area contributed by atoms with E-state index in [0.717, 1.165) is 6.42 Å². The van der Waals surface area contributed by atoms with Gasteiger partial charge in [0.1, 0.15) is 11.4 Å². The number of hydrogen-bond donors (Lipinski definition) is 1. The predicted octanol–water partition coefficient (Wildman–Crippen LogP) is 2.44.